The first kappa shape index (κ1) is 25.9. The van der Waals surface area contributed by atoms with Crippen molar-refractivity contribution in [3.05, 3.63) is 94.3 Å². The number of aliphatic hydroxyl groups is 1. The number of amides is 1. The zero-order valence-corrected chi connectivity index (χ0v) is 21.1. The molecule has 2 heterocycles. The van der Waals surface area contributed by atoms with Crippen molar-refractivity contribution in [2.24, 2.45) is 0 Å². The van der Waals surface area contributed by atoms with Crippen molar-refractivity contribution in [1.29, 1.82) is 0 Å². The van der Waals surface area contributed by atoms with Crippen molar-refractivity contribution in [3.63, 3.8) is 0 Å². The van der Waals surface area contributed by atoms with E-state index in [1.807, 2.05) is 6.92 Å². The fourth-order valence-corrected chi connectivity index (χ4v) is 4.22. The van der Waals surface area contributed by atoms with Gasteiger partial charge in [-0.05, 0) is 61.9 Å². The van der Waals surface area contributed by atoms with Crippen LogP contribution in [0.1, 0.15) is 47.9 Å². The van der Waals surface area contributed by atoms with E-state index in [0.717, 1.165) is 0 Å². The number of aliphatic hydroxyl groups excluding tert-OH is 1. The number of anilines is 1. The lowest BCUT2D eigenvalue weighted by molar-refractivity contribution is -0.132. The molecule has 8 nitrogen and oxygen atoms in total. The van der Waals surface area contributed by atoms with Crippen LogP contribution in [-0.2, 0) is 14.3 Å². The largest absolute Gasteiger partial charge is 0.507 e. The first-order valence-corrected chi connectivity index (χ1v) is 12.2. The van der Waals surface area contributed by atoms with Crippen LogP contribution < -0.4 is 9.64 Å². The number of rotatable bonds is 8. The van der Waals surface area contributed by atoms with Gasteiger partial charge in [0.1, 0.15) is 17.6 Å². The highest BCUT2D eigenvalue weighted by Crippen LogP contribution is 2.42. The number of nitrogens with zero attached hydrogens (tertiary/aromatic N) is 2. The van der Waals surface area contributed by atoms with Crippen LogP contribution in [0.25, 0.3) is 5.76 Å². The maximum absolute atomic E-state index is 13.4. The topological polar surface area (TPSA) is 106 Å². The Labute approximate surface area is 219 Å². The lowest BCUT2D eigenvalue weighted by Crippen LogP contribution is -2.30. The molecular formula is C28H25ClN2O6. The molecule has 9 heteroatoms. The fraction of sp³-hybridized carbons (Fsp3) is 0.214. The highest BCUT2D eigenvalue weighted by atomic mass is 35.5. The van der Waals surface area contributed by atoms with Gasteiger partial charge >= 0.3 is 5.97 Å². The summed E-state index contributed by atoms with van der Waals surface area (Å²) in [6.07, 6.45) is 2.19. The van der Waals surface area contributed by atoms with Crippen LogP contribution in [0.3, 0.4) is 0 Å². The van der Waals surface area contributed by atoms with Crippen LogP contribution in [0, 0.1) is 0 Å². The maximum atomic E-state index is 13.4. The minimum Gasteiger partial charge on any atom is -0.507 e. The number of esters is 1. The molecule has 1 aliphatic heterocycles. The Balaban J connectivity index is 1.86. The van der Waals surface area contributed by atoms with E-state index in [0.29, 0.717) is 29.5 Å². The van der Waals surface area contributed by atoms with Crippen molar-refractivity contribution in [2.75, 3.05) is 18.1 Å². The Hall–Kier alpha value is -4.17. The summed E-state index contributed by atoms with van der Waals surface area (Å²) in [6, 6.07) is 14.9. The Morgan fingerprint density at radius 3 is 2.57 bits per heavy atom. The molecule has 1 aromatic heterocycles. The Morgan fingerprint density at radius 2 is 1.86 bits per heavy atom. The highest BCUT2D eigenvalue weighted by Gasteiger charge is 2.47. The van der Waals surface area contributed by atoms with Gasteiger partial charge in [0.05, 0.1) is 35.1 Å². The van der Waals surface area contributed by atoms with Gasteiger partial charge in [0, 0.05) is 17.4 Å². The normalized spacial score (nSPS) is 16.6. The Morgan fingerprint density at radius 1 is 1.05 bits per heavy atom. The summed E-state index contributed by atoms with van der Waals surface area (Å²) >= 11 is 6.19. The Bertz CT molecular complexity index is 1370. The minimum atomic E-state index is -1.05. The number of hydrogen-bond acceptors (Lipinski definition) is 7. The summed E-state index contributed by atoms with van der Waals surface area (Å²) < 4.78 is 10.7. The molecule has 2 aromatic carbocycles. The number of ketones is 1. The molecule has 37 heavy (non-hydrogen) atoms. The van der Waals surface area contributed by atoms with Crippen LogP contribution in [0.15, 0.2) is 72.4 Å². The summed E-state index contributed by atoms with van der Waals surface area (Å²) in [5.74, 6) is -2.36. The molecular weight excluding hydrogens is 496 g/mol. The molecule has 0 spiro atoms. The third-order valence-corrected chi connectivity index (χ3v) is 6.03. The number of pyridine rings is 1. The van der Waals surface area contributed by atoms with E-state index in [1.165, 1.54) is 29.3 Å². The quantitative estimate of drug-likeness (QED) is 0.185. The second-order valence-electron chi connectivity index (χ2n) is 8.19. The van der Waals surface area contributed by atoms with Crippen molar-refractivity contribution in [3.8, 4) is 5.75 Å². The monoisotopic (exact) mass is 520 g/mol. The van der Waals surface area contributed by atoms with Gasteiger partial charge < -0.3 is 14.6 Å². The van der Waals surface area contributed by atoms with Gasteiger partial charge in [0.15, 0.2) is 0 Å². The lowest BCUT2D eigenvalue weighted by Gasteiger charge is -2.25. The predicted octanol–water partition coefficient (Wildman–Crippen LogP) is 5.33. The van der Waals surface area contributed by atoms with Crippen molar-refractivity contribution in [2.45, 2.75) is 26.3 Å². The molecule has 1 fully saturated rings. The minimum absolute atomic E-state index is 0.146. The van der Waals surface area contributed by atoms with Crippen molar-refractivity contribution >= 4 is 40.7 Å². The number of benzene rings is 2. The number of ether oxygens (including phenoxy) is 2. The summed E-state index contributed by atoms with van der Waals surface area (Å²) in [7, 11) is 0. The van der Waals surface area contributed by atoms with Gasteiger partial charge in [0.25, 0.3) is 11.7 Å². The second-order valence-corrected chi connectivity index (χ2v) is 8.60. The van der Waals surface area contributed by atoms with E-state index in [2.05, 4.69) is 4.98 Å². The van der Waals surface area contributed by atoms with E-state index < -0.39 is 29.5 Å². The van der Waals surface area contributed by atoms with Gasteiger partial charge in [-0.1, -0.05) is 30.7 Å². The van der Waals surface area contributed by atoms with Crippen LogP contribution in [-0.4, -0.2) is 41.0 Å². The Kier molecular flexibility index (Phi) is 7.89. The molecule has 1 atom stereocenters. The number of carbonyl (C=O) groups excluding carboxylic acids is 3. The number of hydrogen-bond donors (Lipinski definition) is 1. The number of aromatic nitrogens is 1. The van der Waals surface area contributed by atoms with E-state index in [4.69, 9.17) is 21.1 Å². The van der Waals surface area contributed by atoms with Crippen LogP contribution in [0.4, 0.5) is 5.69 Å². The third-order valence-electron chi connectivity index (χ3n) is 5.71. The van der Waals surface area contributed by atoms with Gasteiger partial charge in [-0.3, -0.25) is 19.5 Å². The number of carbonyl (C=O) groups is 3. The second kappa shape index (κ2) is 11.3. The van der Waals surface area contributed by atoms with Crippen molar-refractivity contribution in [1.82, 2.24) is 4.98 Å². The van der Waals surface area contributed by atoms with E-state index >= 15 is 0 Å². The van der Waals surface area contributed by atoms with Gasteiger partial charge in [0.2, 0.25) is 0 Å². The standard InChI is InChI=1S/C28H25ClN2O6/c1-3-14-37-28(35)18-8-7-9-19(15-18)31-24(21-10-5-6-13-30-21)23(26(33)27(31)34)25(32)17-11-12-20(29)22(16-17)36-4-2/h5-13,15-16,24,32H,3-4,14H2,1-2H3/b25-23+. The lowest BCUT2D eigenvalue weighted by atomic mass is 9.98. The molecule has 1 saturated heterocycles. The average molecular weight is 521 g/mol. The zero-order valence-electron chi connectivity index (χ0n) is 20.3. The van der Waals surface area contributed by atoms with Crippen LogP contribution in [0.5, 0.6) is 5.75 Å². The van der Waals surface area contributed by atoms with Gasteiger partial charge in [-0.2, -0.15) is 0 Å². The van der Waals surface area contributed by atoms with E-state index in [9.17, 15) is 19.5 Å². The smallest absolute Gasteiger partial charge is 0.338 e. The van der Waals surface area contributed by atoms with Gasteiger partial charge in [-0.15, -0.1) is 0 Å². The molecule has 1 aliphatic rings. The first-order valence-electron chi connectivity index (χ1n) is 11.8. The van der Waals surface area contributed by atoms with Crippen molar-refractivity contribution < 1.29 is 29.0 Å². The molecule has 4 rings (SSSR count). The highest BCUT2D eigenvalue weighted by molar-refractivity contribution is 6.51. The molecule has 190 valence electrons. The molecule has 0 radical (unpaired) electrons. The maximum Gasteiger partial charge on any atom is 0.338 e. The summed E-state index contributed by atoms with van der Waals surface area (Å²) in [6.45, 7) is 4.28. The van der Waals surface area contributed by atoms with Crippen LogP contribution >= 0.6 is 11.6 Å². The third kappa shape index (κ3) is 5.20. The zero-order chi connectivity index (χ0) is 26.5. The van der Waals surface area contributed by atoms with E-state index in [1.54, 1.807) is 49.4 Å². The number of Topliss-reactive ketones (excluding diaryl/α,β-unsaturated/α-hetero) is 1. The molecule has 0 bridgehead atoms. The SMILES string of the molecule is CCCOC(=O)c1cccc(N2C(=O)C(=O)/C(=C(/O)c3ccc(Cl)c(OCC)c3)C2c2ccccn2)c1. The molecule has 0 saturated carbocycles. The summed E-state index contributed by atoms with van der Waals surface area (Å²) in [5.41, 5.74) is 0.984. The fourth-order valence-electron chi connectivity index (χ4n) is 4.05. The van der Waals surface area contributed by atoms with Crippen LogP contribution in [0.2, 0.25) is 5.02 Å². The molecule has 3 aromatic rings. The molecule has 0 aliphatic carbocycles. The van der Waals surface area contributed by atoms with E-state index in [-0.39, 0.29) is 29.0 Å². The average Bonchev–Trinajstić information content (AvgIpc) is 3.19. The number of halogens is 1. The molecule has 1 amide bonds. The molecule has 1 unspecified atom stereocenters. The summed E-state index contributed by atoms with van der Waals surface area (Å²) in [4.78, 5) is 44.7. The van der Waals surface area contributed by atoms with Gasteiger partial charge in [-0.25, -0.2) is 4.79 Å². The summed E-state index contributed by atoms with van der Waals surface area (Å²) in [5, 5.41) is 11.6. The first-order chi connectivity index (χ1) is 17.9. The predicted molar refractivity (Wildman–Crippen MR) is 139 cm³/mol. The molecule has 1 N–H and O–H groups in total.